The molecule has 0 bridgehead atoms. The quantitative estimate of drug-likeness (QED) is 0.791. The Kier molecular flexibility index (Phi) is 2.52. The van der Waals surface area contributed by atoms with Crippen LogP contribution in [0.1, 0.15) is 16.1 Å². The van der Waals surface area contributed by atoms with Gasteiger partial charge in [0.1, 0.15) is 5.69 Å². The summed E-state index contributed by atoms with van der Waals surface area (Å²) >= 11 is 5.81. The van der Waals surface area contributed by atoms with Gasteiger partial charge in [-0.3, -0.25) is 4.79 Å². The monoisotopic (exact) mass is 274 g/mol. The highest BCUT2D eigenvalue weighted by molar-refractivity contribution is 9.10. The molecular formula is C7H3BrN2OS2. The van der Waals surface area contributed by atoms with Crippen molar-refractivity contribution in [1.82, 2.24) is 8.75 Å². The van der Waals surface area contributed by atoms with Gasteiger partial charge < -0.3 is 0 Å². The third kappa shape index (κ3) is 1.70. The first-order valence-corrected chi connectivity index (χ1v) is 5.79. The number of halogens is 1. The van der Waals surface area contributed by atoms with Crippen LogP contribution in [0, 0.1) is 0 Å². The molecule has 0 saturated carbocycles. The molecule has 0 aliphatic heterocycles. The Bertz CT molecular complexity index is 423. The Balaban J connectivity index is 2.39. The van der Waals surface area contributed by atoms with Crippen molar-refractivity contribution < 1.29 is 4.79 Å². The molecule has 0 atom stereocenters. The lowest BCUT2D eigenvalue weighted by molar-refractivity contribution is 0.103. The third-order valence-electron chi connectivity index (χ3n) is 1.45. The van der Waals surface area contributed by atoms with E-state index in [1.807, 2.05) is 5.38 Å². The van der Waals surface area contributed by atoms with E-state index in [0.29, 0.717) is 11.3 Å². The summed E-state index contributed by atoms with van der Waals surface area (Å²) in [6.07, 6.45) is 1.48. The maximum Gasteiger partial charge on any atom is 0.216 e. The lowest BCUT2D eigenvalue weighted by Crippen LogP contribution is -1.99. The summed E-state index contributed by atoms with van der Waals surface area (Å²) in [6.45, 7) is 0. The number of ketones is 1. The van der Waals surface area contributed by atoms with Crippen molar-refractivity contribution in [2.45, 2.75) is 0 Å². The fourth-order valence-electron chi connectivity index (χ4n) is 0.846. The molecule has 0 aromatic carbocycles. The van der Waals surface area contributed by atoms with E-state index in [1.165, 1.54) is 17.5 Å². The predicted molar refractivity (Wildman–Crippen MR) is 55.4 cm³/mol. The highest BCUT2D eigenvalue weighted by Crippen LogP contribution is 2.23. The Hall–Kier alpha value is -0.590. The summed E-state index contributed by atoms with van der Waals surface area (Å²) in [5.74, 6) is -0.0816. The molecule has 0 unspecified atom stereocenters. The van der Waals surface area contributed by atoms with Crippen molar-refractivity contribution in [3.05, 3.63) is 32.7 Å². The van der Waals surface area contributed by atoms with Crippen LogP contribution in [-0.2, 0) is 0 Å². The number of carbonyl (C=O) groups is 1. The minimum absolute atomic E-state index is 0.0816. The van der Waals surface area contributed by atoms with E-state index in [2.05, 4.69) is 24.7 Å². The lowest BCUT2D eigenvalue weighted by atomic mass is 10.2. The van der Waals surface area contributed by atoms with Crippen LogP contribution in [0.3, 0.4) is 0 Å². The minimum atomic E-state index is -0.0816. The second-order valence-corrected chi connectivity index (χ2v) is 4.41. The van der Waals surface area contributed by atoms with Crippen molar-refractivity contribution in [3.8, 4) is 0 Å². The van der Waals surface area contributed by atoms with Crippen LogP contribution in [0.5, 0.6) is 0 Å². The van der Waals surface area contributed by atoms with E-state index in [9.17, 15) is 4.79 Å². The number of aromatic nitrogens is 2. The van der Waals surface area contributed by atoms with Crippen LogP contribution in [0.4, 0.5) is 0 Å². The summed E-state index contributed by atoms with van der Waals surface area (Å²) in [5, 5.41) is 3.67. The molecule has 2 aromatic heterocycles. The van der Waals surface area contributed by atoms with Crippen LogP contribution in [0.15, 0.2) is 21.4 Å². The van der Waals surface area contributed by atoms with Gasteiger partial charge in [-0.1, -0.05) is 0 Å². The fraction of sp³-hybridized carbons (Fsp3) is 0. The number of carbonyl (C=O) groups excluding carboxylic acids is 1. The van der Waals surface area contributed by atoms with Gasteiger partial charge >= 0.3 is 0 Å². The van der Waals surface area contributed by atoms with Gasteiger partial charge in [0.2, 0.25) is 5.78 Å². The maximum absolute atomic E-state index is 11.7. The van der Waals surface area contributed by atoms with Crippen molar-refractivity contribution in [1.29, 1.82) is 0 Å². The summed E-state index contributed by atoms with van der Waals surface area (Å²) in [4.78, 5) is 11.7. The van der Waals surface area contributed by atoms with Crippen molar-refractivity contribution in [3.63, 3.8) is 0 Å². The zero-order chi connectivity index (χ0) is 9.26. The first-order chi connectivity index (χ1) is 6.29. The highest BCUT2D eigenvalue weighted by Gasteiger charge is 2.15. The summed E-state index contributed by atoms with van der Waals surface area (Å²) in [7, 11) is 0. The SMILES string of the molecule is O=C(c1cnsn1)c1cscc1Br. The van der Waals surface area contributed by atoms with Gasteiger partial charge in [-0.2, -0.15) is 20.1 Å². The van der Waals surface area contributed by atoms with Gasteiger partial charge in [-0.15, -0.1) is 0 Å². The van der Waals surface area contributed by atoms with E-state index in [4.69, 9.17) is 0 Å². The Morgan fingerprint density at radius 3 is 2.85 bits per heavy atom. The lowest BCUT2D eigenvalue weighted by Gasteiger charge is -1.91. The summed E-state index contributed by atoms with van der Waals surface area (Å²) in [6, 6.07) is 0. The predicted octanol–water partition coefficient (Wildman–Crippen LogP) is 2.59. The molecule has 13 heavy (non-hydrogen) atoms. The number of hydrogen-bond acceptors (Lipinski definition) is 5. The van der Waals surface area contributed by atoms with Gasteiger partial charge in [0, 0.05) is 20.8 Å². The van der Waals surface area contributed by atoms with Gasteiger partial charge in [0.05, 0.1) is 17.9 Å². The van der Waals surface area contributed by atoms with E-state index >= 15 is 0 Å². The number of hydrogen-bond donors (Lipinski definition) is 0. The normalized spacial score (nSPS) is 10.2. The van der Waals surface area contributed by atoms with Gasteiger partial charge in [0.25, 0.3) is 0 Å². The van der Waals surface area contributed by atoms with E-state index in [0.717, 1.165) is 16.2 Å². The molecule has 0 N–H and O–H groups in total. The second kappa shape index (κ2) is 3.65. The third-order valence-corrected chi connectivity index (χ3v) is 3.63. The first-order valence-electron chi connectivity index (χ1n) is 3.33. The van der Waals surface area contributed by atoms with Crippen LogP contribution in [0.25, 0.3) is 0 Å². The number of nitrogens with zero attached hydrogens (tertiary/aromatic N) is 2. The zero-order valence-corrected chi connectivity index (χ0v) is 9.45. The molecule has 66 valence electrons. The molecule has 0 aliphatic rings. The van der Waals surface area contributed by atoms with Crippen molar-refractivity contribution in [2.24, 2.45) is 0 Å². The maximum atomic E-state index is 11.7. The van der Waals surface area contributed by atoms with Crippen LogP contribution in [0.2, 0.25) is 0 Å². The van der Waals surface area contributed by atoms with Crippen LogP contribution >= 0.6 is 39.0 Å². The van der Waals surface area contributed by atoms with Crippen molar-refractivity contribution in [2.75, 3.05) is 0 Å². The molecule has 0 aliphatic carbocycles. The molecule has 2 rings (SSSR count). The molecule has 0 radical (unpaired) electrons. The van der Waals surface area contributed by atoms with Crippen LogP contribution < -0.4 is 0 Å². The topological polar surface area (TPSA) is 42.9 Å². The van der Waals surface area contributed by atoms with Crippen molar-refractivity contribution >= 4 is 44.8 Å². The molecule has 0 amide bonds. The molecule has 0 spiro atoms. The standard InChI is InChI=1S/C7H3BrN2OS2/c8-5-3-12-2-4(5)7(11)6-1-9-13-10-6/h1-3H. The molecular weight excluding hydrogens is 272 g/mol. The minimum Gasteiger partial charge on any atom is -0.287 e. The molecule has 6 heteroatoms. The number of rotatable bonds is 2. The van der Waals surface area contributed by atoms with E-state index < -0.39 is 0 Å². The second-order valence-electron chi connectivity index (χ2n) is 2.26. The highest BCUT2D eigenvalue weighted by atomic mass is 79.9. The van der Waals surface area contributed by atoms with Gasteiger partial charge in [-0.25, -0.2) is 0 Å². The average molecular weight is 275 g/mol. The smallest absolute Gasteiger partial charge is 0.216 e. The van der Waals surface area contributed by atoms with Gasteiger partial charge in [-0.05, 0) is 15.9 Å². The largest absolute Gasteiger partial charge is 0.287 e. The zero-order valence-electron chi connectivity index (χ0n) is 6.23. The number of thiophene rings is 1. The molecule has 2 aromatic rings. The van der Waals surface area contributed by atoms with E-state index in [-0.39, 0.29) is 5.78 Å². The molecule has 3 nitrogen and oxygen atoms in total. The Morgan fingerprint density at radius 1 is 1.46 bits per heavy atom. The van der Waals surface area contributed by atoms with Crippen LogP contribution in [-0.4, -0.2) is 14.5 Å². The summed E-state index contributed by atoms with van der Waals surface area (Å²) < 4.78 is 8.47. The van der Waals surface area contributed by atoms with Gasteiger partial charge in [0.15, 0.2) is 0 Å². The molecule has 0 saturated heterocycles. The fourth-order valence-corrected chi connectivity index (χ4v) is 2.71. The Morgan fingerprint density at radius 2 is 2.31 bits per heavy atom. The molecule has 0 fully saturated rings. The Labute approximate surface area is 90.9 Å². The average Bonchev–Trinajstić information content (AvgIpc) is 2.72. The van der Waals surface area contributed by atoms with E-state index in [1.54, 1.807) is 5.38 Å². The molecule has 2 heterocycles. The summed E-state index contributed by atoms with van der Waals surface area (Å²) in [5.41, 5.74) is 1.06. The first kappa shape index (κ1) is 8.98.